The number of fused-ring (bicyclic) bond motifs is 1. The summed E-state index contributed by atoms with van der Waals surface area (Å²) >= 11 is 1.64. The highest BCUT2D eigenvalue weighted by Crippen LogP contribution is 2.22. The van der Waals surface area contributed by atoms with Crippen LogP contribution < -0.4 is 15.4 Å². The van der Waals surface area contributed by atoms with Crippen LogP contribution in [0.5, 0.6) is 5.75 Å². The van der Waals surface area contributed by atoms with E-state index in [2.05, 4.69) is 15.6 Å². The molecule has 0 saturated heterocycles. The second-order valence-electron chi connectivity index (χ2n) is 7.78. The number of nitrogens with zero attached hydrogens (tertiary/aromatic N) is 2. The van der Waals surface area contributed by atoms with Gasteiger partial charge in [-0.3, -0.25) is 14.5 Å². The Bertz CT molecular complexity index is 1240. The van der Waals surface area contributed by atoms with Crippen LogP contribution in [0.4, 0.5) is 11.4 Å². The van der Waals surface area contributed by atoms with E-state index in [4.69, 9.17) is 4.74 Å². The number of aromatic nitrogens is 1. The molecule has 0 fully saturated rings. The second kappa shape index (κ2) is 10.9. The molecule has 0 radical (unpaired) electrons. The lowest BCUT2D eigenvalue weighted by Gasteiger charge is -2.15. The van der Waals surface area contributed by atoms with Crippen molar-refractivity contribution in [3.8, 4) is 5.75 Å². The molecule has 0 spiro atoms. The van der Waals surface area contributed by atoms with E-state index in [1.807, 2.05) is 55.3 Å². The first-order valence-corrected chi connectivity index (χ1v) is 11.8. The quantitative estimate of drug-likeness (QED) is 0.356. The van der Waals surface area contributed by atoms with Gasteiger partial charge in [-0.05, 0) is 74.6 Å². The second-order valence-corrected chi connectivity index (χ2v) is 8.90. The minimum Gasteiger partial charge on any atom is -0.494 e. The van der Waals surface area contributed by atoms with E-state index in [0.29, 0.717) is 30.1 Å². The Labute approximate surface area is 202 Å². The fourth-order valence-corrected chi connectivity index (χ4v) is 4.48. The summed E-state index contributed by atoms with van der Waals surface area (Å²) in [4.78, 5) is 31.5. The molecule has 3 aromatic carbocycles. The van der Waals surface area contributed by atoms with Gasteiger partial charge < -0.3 is 15.4 Å². The molecule has 0 aliphatic rings. The van der Waals surface area contributed by atoms with E-state index in [9.17, 15) is 9.59 Å². The number of anilines is 2. The summed E-state index contributed by atoms with van der Waals surface area (Å²) in [7, 11) is 1.89. The molecule has 174 valence electrons. The molecule has 0 aliphatic heterocycles. The molecule has 0 aliphatic carbocycles. The number of likely N-dealkylation sites (N-methyl/N-ethyl adjacent to an activating group) is 1. The van der Waals surface area contributed by atoms with Gasteiger partial charge in [0.05, 0.1) is 29.9 Å². The molecular weight excluding hydrogens is 448 g/mol. The molecule has 2 amide bonds. The highest BCUT2D eigenvalue weighted by Gasteiger charge is 2.12. The third-order valence-electron chi connectivity index (χ3n) is 5.01. The Morgan fingerprint density at radius 1 is 0.941 bits per heavy atom. The van der Waals surface area contributed by atoms with E-state index in [1.54, 1.807) is 47.7 Å². The van der Waals surface area contributed by atoms with Gasteiger partial charge in [-0.2, -0.15) is 0 Å². The van der Waals surface area contributed by atoms with Gasteiger partial charge >= 0.3 is 0 Å². The summed E-state index contributed by atoms with van der Waals surface area (Å²) in [6.07, 6.45) is 0. The van der Waals surface area contributed by atoms with Crippen molar-refractivity contribution in [3.05, 3.63) is 83.4 Å². The minimum atomic E-state index is -0.224. The van der Waals surface area contributed by atoms with Gasteiger partial charge in [-0.1, -0.05) is 12.1 Å². The van der Waals surface area contributed by atoms with Crippen LogP contribution in [-0.2, 0) is 11.3 Å². The van der Waals surface area contributed by atoms with E-state index in [1.165, 1.54) is 0 Å². The summed E-state index contributed by atoms with van der Waals surface area (Å²) in [6.45, 7) is 3.34. The smallest absolute Gasteiger partial charge is 0.255 e. The molecule has 2 N–H and O–H groups in total. The molecule has 0 unspecified atom stereocenters. The lowest BCUT2D eigenvalue weighted by molar-refractivity contribution is -0.117. The Kier molecular flexibility index (Phi) is 7.51. The molecule has 34 heavy (non-hydrogen) atoms. The van der Waals surface area contributed by atoms with Crippen molar-refractivity contribution in [2.45, 2.75) is 13.5 Å². The molecular formula is C26H26N4O3S. The van der Waals surface area contributed by atoms with Crippen LogP contribution >= 0.6 is 11.3 Å². The van der Waals surface area contributed by atoms with E-state index >= 15 is 0 Å². The predicted molar refractivity (Wildman–Crippen MR) is 137 cm³/mol. The first kappa shape index (κ1) is 23.4. The number of ether oxygens (including phenoxy) is 1. The third-order valence-corrected chi connectivity index (χ3v) is 6.03. The van der Waals surface area contributed by atoms with Crippen molar-refractivity contribution in [3.63, 3.8) is 0 Å². The van der Waals surface area contributed by atoms with Crippen molar-refractivity contribution >= 4 is 44.7 Å². The van der Waals surface area contributed by atoms with Crippen LogP contribution in [0.2, 0.25) is 0 Å². The van der Waals surface area contributed by atoms with Gasteiger partial charge in [-0.15, -0.1) is 11.3 Å². The zero-order chi connectivity index (χ0) is 23.9. The zero-order valence-electron chi connectivity index (χ0n) is 19.1. The molecule has 0 saturated carbocycles. The molecule has 0 atom stereocenters. The van der Waals surface area contributed by atoms with Gasteiger partial charge in [0.1, 0.15) is 10.8 Å². The number of para-hydroxylation sites is 1. The Morgan fingerprint density at radius 3 is 2.32 bits per heavy atom. The summed E-state index contributed by atoms with van der Waals surface area (Å²) < 4.78 is 6.55. The van der Waals surface area contributed by atoms with Gasteiger partial charge in [0, 0.05) is 16.9 Å². The van der Waals surface area contributed by atoms with E-state index < -0.39 is 0 Å². The van der Waals surface area contributed by atoms with Crippen molar-refractivity contribution in [2.75, 3.05) is 30.8 Å². The minimum absolute atomic E-state index is 0.129. The Morgan fingerprint density at radius 2 is 1.62 bits per heavy atom. The van der Waals surface area contributed by atoms with Crippen LogP contribution in [-0.4, -0.2) is 41.9 Å². The molecule has 4 rings (SSSR count). The van der Waals surface area contributed by atoms with Crippen molar-refractivity contribution in [1.29, 1.82) is 0 Å². The Hall–Kier alpha value is -3.75. The summed E-state index contributed by atoms with van der Waals surface area (Å²) in [5.41, 5.74) is 2.80. The van der Waals surface area contributed by atoms with Gasteiger partial charge in [-0.25, -0.2) is 4.98 Å². The van der Waals surface area contributed by atoms with Crippen LogP contribution in [0.15, 0.2) is 72.8 Å². The van der Waals surface area contributed by atoms with Gasteiger partial charge in [0.2, 0.25) is 5.91 Å². The normalized spacial score (nSPS) is 10.9. The highest BCUT2D eigenvalue weighted by molar-refractivity contribution is 7.18. The van der Waals surface area contributed by atoms with Crippen molar-refractivity contribution in [1.82, 2.24) is 9.88 Å². The maximum Gasteiger partial charge on any atom is 0.255 e. The largest absolute Gasteiger partial charge is 0.494 e. The SMILES string of the molecule is CCOc1ccc(NC(=O)c2ccc(NC(=O)CN(C)Cc3nc4ccccc4s3)cc2)cc1. The topological polar surface area (TPSA) is 83.6 Å². The third kappa shape index (κ3) is 6.18. The lowest BCUT2D eigenvalue weighted by atomic mass is 10.2. The molecule has 1 heterocycles. The van der Waals surface area contributed by atoms with Crippen molar-refractivity contribution < 1.29 is 14.3 Å². The highest BCUT2D eigenvalue weighted by atomic mass is 32.1. The first-order valence-electron chi connectivity index (χ1n) is 11.0. The predicted octanol–water partition coefficient (Wildman–Crippen LogP) is 5.02. The zero-order valence-corrected chi connectivity index (χ0v) is 19.9. The number of amides is 2. The summed E-state index contributed by atoms with van der Waals surface area (Å²) in [5, 5.41) is 6.70. The fraction of sp³-hybridized carbons (Fsp3) is 0.192. The summed E-state index contributed by atoms with van der Waals surface area (Å²) in [5.74, 6) is 0.402. The Balaban J connectivity index is 1.27. The molecule has 7 nitrogen and oxygen atoms in total. The average molecular weight is 475 g/mol. The van der Waals surface area contributed by atoms with Crippen LogP contribution in [0, 0.1) is 0 Å². The lowest BCUT2D eigenvalue weighted by Crippen LogP contribution is -2.29. The fourth-order valence-electron chi connectivity index (χ4n) is 3.43. The molecule has 4 aromatic rings. The number of benzene rings is 3. The van der Waals surface area contributed by atoms with Crippen LogP contribution in [0.1, 0.15) is 22.3 Å². The van der Waals surface area contributed by atoms with E-state index in [-0.39, 0.29) is 18.4 Å². The van der Waals surface area contributed by atoms with Crippen molar-refractivity contribution in [2.24, 2.45) is 0 Å². The summed E-state index contributed by atoms with van der Waals surface area (Å²) in [6, 6.07) is 22.0. The van der Waals surface area contributed by atoms with Gasteiger partial charge in [0.15, 0.2) is 0 Å². The maximum absolute atomic E-state index is 12.5. The number of hydrogen-bond acceptors (Lipinski definition) is 6. The standard InChI is InChI=1S/C26H26N4O3S/c1-3-33-21-14-12-20(13-15-21)28-26(32)18-8-10-19(11-9-18)27-24(31)16-30(2)17-25-29-22-6-4-5-7-23(22)34-25/h4-15H,3,16-17H2,1-2H3,(H,27,31)(H,28,32). The number of carbonyl (C=O) groups excluding carboxylic acids is 2. The number of hydrogen-bond donors (Lipinski definition) is 2. The molecule has 8 heteroatoms. The molecule has 0 bridgehead atoms. The van der Waals surface area contributed by atoms with Crippen LogP contribution in [0.25, 0.3) is 10.2 Å². The number of nitrogens with one attached hydrogen (secondary N) is 2. The van der Waals surface area contributed by atoms with Gasteiger partial charge in [0.25, 0.3) is 5.91 Å². The van der Waals surface area contributed by atoms with Crippen LogP contribution in [0.3, 0.4) is 0 Å². The monoisotopic (exact) mass is 474 g/mol. The van der Waals surface area contributed by atoms with E-state index in [0.717, 1.165) is 21.0 Å². The average Bonchev–Trinajstić information content (AvgIpc) is 3.23. The molecule has 1 aromatic heterocycles. The number of carbonyl (C=O) groups is 2. The number of thiazole rings is 1. The first-order chi connectivity index (χ1) is 16.5. The number of rotatable bonds is 9. The maximum atomic E-state index is 12.5.